The molecule has 1 N–H and O–H groups in total. The molecule has 2 unspecified atom stereocenters. The van der Waals surface area contributed by atoms with Crippen molar-refractivity contribution in [2.45, 2.75) is 26.3 Å². The van der Waals surface area contributed by atoms with E-state index in [4.69, 9.17) is 0 Å². The Morgan fingerprint density at radius 3 is 2.72 bits per heavy atom. The highest BCUT2D eigenvalue weighted by atomic mass is 16.4. The predicted molar refractivity (Wildman–Crippen MR) is 65.2 cm³/mol. The summed E-state index contributed by atoms with van der Waals surface area (Å²) in [6.45, 7) is 4.19. The third-order valence-corrected chi connectivity index (χ3v) is 3.37. The van der Waals surface area contributed by atoms with Crippen molar-refractivity contribution in [3.63, 3.8) is 0 Å². The molecular weight excluding hydrogens is 232 g/mol. The van der Waals surface area contributed by atoms with Crippen LogP contribution in [0.5, 0.6) is 0 Å². The molecule has 2 heterocycles. The molecule has 5 heteroatoms. The number of amides is 1. The second kappa shape index (κ2) is 4.76. The van der Waals surface area contributed by atoms with Crippen molar-refractivity contribution >= 4 is 11.9 Å². The zero-order valence-electron chi connectivity index (χ0n) is 10.5. The summed E-state index contributed by atoms with van der Waals surface area (Å²) in [5, 5.41) is 9.18. The third-order valence-electron chi connectivity index (χ3n) is 3.37. The Hall–Kier alpha value is -1.91. The average Bonchev–Trinajstić information content (AvgIpc) is 2.71. The Balaban J connectivity index is 2.23. The molecule has 2 atom stereocenters. The predicted octanol–water partition coefficient (Wildman–Crippen LogP) is 1.33. The van der Waals surface area contributed by atoms with Gasteiger partial charge in [0.1, 0.15) is 6.04 Å². The van der Waals surface area contributed by atoms with Gasteiger partial charge in [-0.3, -0.25) is 9.78 Å². The fraction of sp³-hybridized carbons (Fsp3) is 0.462. The molecule has 1 amide bonds. The number of pyridine rings is 1. The minimum Gasteiger partial charge on any atom is -0.480 e. The van der Waals surface area contributed by atoms with E-state index in [9.17, 15) is 14.7 Å². The first kappa shape index (κ1) is 12.5. The van der Waals surface area contributed by atoms with Gasteiger partial charge in [0.05, 0.1) is 5.56 Å². The van der Waals surface area contributed by atoms with Gasteiger partial charge >= 0.3 is 5.97 Å². The van der Waals surface area contributed by atoms with E-state index >= 15 is 0 Å². The molecule has 96 valence electrons. The van der Waals surface area contributed by atoms with E-state index in [0.29, 0.717) is 12.1 Å². The van der Waals surface area contributed by atoms with Gasteiger partial charge in [-0.15, -0.1) is 0 Å². The molecule has 5 nitrogen and oxygen atoms in total. The topological polar surface area (TPSA) is 70.5 Å². The van der Waals surface area contributed by atoms with Gasteiger partial charge in [0.25, 0.3) is 5.91 Å². The normalized spacial score (nSPS) is 23.1. The minimum atomic E-state index is -0.937. The van der Waals surface area contributed by atoms with E-state index < -0.39 is 12.0 Å². The SMILES string of the molecule is Cc1ccc(C(=O)N2CCC(C)C2C(=O)O)cn1. The van der Waals surface area contributed by atoms with Gasteiger partial charge < -0.3 is 10.0 Å². The van der Waals surface area contributed by atoms with E-state index in [1.807, 2.05) is 13.8 Å². The van der Waals surface area contributed by atoms with Gasteiger partial charge in [0.2, 0.25) is 0 Å². The van der Waals surface area contributed by atoms with Crippen LogP contribution in [-0.2, 0) is 4.79 Å². The number of aryl methyl sites for hydroxylation is 1. The summed E-state index contributed by atoms with van der Waals surface area (Å²) in [4.78, 5) is 28.9. The molecule has 1 aliphatic rings. The summed E-state index contributed by atoms with van der Waals surface area (Å²) >= 11 is 0. The lowest BCUT2D eigenvalue weighted by Crippen LogP contribution is -2.42. The van der Waals surface area contributed by atoms with Crippen LogP contribution < -0.4 is 0 Å². The van der Waals surface area contributed by atoms with Gasteiger partial charge in [-0.05, 0) is 31.4 Å². The number of carbonyl (C=O) groups excluding carboxylic acids is 1. The van der Waals surface area contributed by atoms with E-state index in [0.717, 1.165) is 12.1 Å². The lowest BCUT2D eigenvalue weighted by molar-refractivity contribution is -0.142. The van der Waals surface area contributed by atoms with Gasteiger partial charge in [-0.1, -0.05) is 6.92 Å². The number of carboxylic acids is 1. The molecule has 18 heavy (non-hydrogen) atoms. The third kappa shape index (κ3) is 2.20. The average molecular weight is 248 g/mol. The van der Waals surface area contributed by atoms with Crippen LogP contribution in [0.3, 0.4) is 0 Å². The van der Waals surface area contributed by atoms with Crippen molar-refractivity contribution in [2.24, 2.45) is 5.92 Å². The Labute approximate surface area is 105 Å². The summed E-state index contributed by atoms with van der Waals surface area (Å²) in [6.07, 6.45) is 2.22. The number of aromatic nitrogens is 1. The molecule has 1 aromatic heterocycles. The van der Waals surface area contributed by atoms with Crippen LogP contribution in [0.1, 0.15) is 29.4 Å². The van der Waals surface area contributed by atoms with E-state index in [1.54, 1.807) is 12.1 Å². The number of rotatable bonds is 2. The van der Waals surface area contributed by atoms with Gasteiger partial charge in [-0.25, -0.2) is 4.79 Å². The van der Waals surface area contributed by atoms with E-state index in [2.05, 4.69) is 4.98 Å². The lowest BCUT2D eigenvalue weighted by Gasteiger charge is -2.23. The largest absolute Gasteiger partial charge is 0.480 e. The smallest absolute Gasteiger partial charge is 0.326 e. The Morgan fingerprint density at radius 1 is 1.44 bits per heavy atom. The van der Waals surface area contributed by atoms with Crippen molar-refractivity contribution < 1.29 is 14.7 Å². The Bertz CT molecular complexity index is 470. The molecule has 1 fully saturated rings. The number of aliphatic carboxylic acids is 1. The lowest BCUT2D eigenvalue weighted by atomic mass is 10.0. The van der Waals surface area contributed by atoms with Crippen molar-refractivity contribution in [2.75, 3.05) is 6.54 Å². The highest BCUT2D eigenvalue weighted by molar-refractivity contribution is 5.96. The molecule has 1 saturated heterocycles. The highest BCUT2D eigenvalue weighted by Gasteiger charge is 2.39. The molecule has 2 rings (SSSR count). The summed E-state index contributed by atoms with van der Waals surface area (Å²) in [7, 11) is 0. The molecule has 0 spiro atoms. The second-order valence-electron chi connectivity index (χ2n) is 4.74. The molecule has 0 radical (unpaired) electrons. The number of hydrogen-bond donors (Lipinski definition) is 1. The summed E-state index contributed by atoms with van der Waals surface area (Å²) in [5.74, 6) is -1.20. The van der Waals surface area contributed by atoms with Crippen LogP contribution in [0.25, 0.3) is 0 Å². The molecule has 1 aromatic rings. The van der Waals surface area contributed by atoms with Crippen molar-refractivity contribution in [3.8, 4) is 0 Å². The highest BCUT2D eigenvalue weighted by Crippen LogP contribution is 2.25. The van der Waals surface area contributed by atoms with Crippen LogP contribution >= 0.6 is 0 Å². The maximum absolute atomic E-state index is 12.2. The van der Waals surface area contributed by atoms with Crippen LogP contribution in [-0.4, -0.2) is 39.5 Å². The standard InChI is InChI=1S/C13H16N2O3/c1-8-5-6-15(11(8)13(17)18)12(16)10-4-3-9(2)14-7-10/h3-4,7-8,11H,5-6H2,1-2H3,(H,17,18). The zero-order valence-corrected chi connectivity index (χ0v) is 10.5. The monoisotopic (exact) mass is 248 g/mol. The molecule has 1 aliphatic heterocycles. The summed E-state index contributed by atoms with van der Waals surface area (Å²) in [5.41, 5.74) is 1.28. The molecular formula is C13H16N2O3. The van der Waals surface area contributed by atoms with Crippen molar-refractivity contribution in [1.82, 2.24) is 9.88 Å². The van der Waals surface area contributed by atoms with Gasteiger partial charge in [0, 0.05) is 18.4 Å². The first-order valence-corrected chi connectivity index (χ1v) is 5.97. The molecule has 0 bridgehead atoms. The second-order valence-corrected chi connectivity index (χ2v) is 4.74. The number of carbonyl (C=O) groups is 2. The van der Waals surface area contributed by atoms with Gasteiger partial charge in [-0.2, -0.15) is 0 Å². The van der Waals surface area contributed by atoms with Crippen LogP contribution in [0.2, 0.25) is 0 Å². The minimum absolute atomic E-state index is 0.00939. The van der Waals surface area contributed by atoms with E-state index in [-0.39, 0.29) is 11.8 Å². The van der Waals surface area contributed by atoms with Gasteiger partial charge in [0.15, 0.2) is 0 Å². The first-order valence-electron chi connectivity index (χ1n) is 5.97. The van der Waals surface area contributed by atoms with Crippen molar-refractivity contribution in [3.05, 3.63) is 29.6 Å². The maximum atomic E-state index is 12.2. The molecule has 0 aliphatic carbocycles. The number of hydrogen-bond acceptors (Lipinski definition) is 3. The fourth-order valence-electron chi connectivity index (χ4n) is 2.31. The fourth-order valence-corrected chi connectivity index (χ4v) is 2.31. The van der Waals surface area contributed by atoms with Crippen LogP contribution in [0.15, 0.2) is 18.3 Å². The first-order chi connectivity index (χ1) is 8.50. The summed E-state index contributed by atoms with van der Waals surface area (Å²) < 4.78 is 0. The number of carboxylic acid groups (broad SMARTS) is 1. The van der Waals surface area contributed by atoms with Crippen molar-refractivity contribution in [1.29, 1.82) is 0 Å². The zero-order chi connectivity index (χ0) is 13.3. The Morgan fingerprint density at radius 2 is 2.17 bits per heavy atom. The summed E-state index contributed by atoms with van der Waals surface area (Å²) in [6, 6.07) is 2.72. The van der Waals surface area contributed by atoms with Crippen LogP contribution in [0, 0.1) is 12.8 Å². The maximum Gasteiger partial charge on any atom is 0.326 e. The van der Waals surface area contributed by atoms with E-state index in [1.165, 1.54) is 11.1 Å². The molecule has 0 saturated carbocycles. The number of likely N-dealkylation sites (tertiary alicyclic amines) is 1. The number of nitrogens with zero attached hydrogens (tertiary/aromatic N) is 2. The van der Waals surface area contributed by atoms with Crippen LogP contribution in [0.4, 0.5) is 0 Å². The molecule has 0 aromatic carbocycles. The Kier molecular flexibility index (Phi) is 3.32. The quantitative estimate of drug-likeness (QED) is 0.857.